The highest BCUT2D eigenvalue weighted by atomic mass is 35.5. The van der Waals surface area contributed by atoms with Crippen LogP contribution in [-0.2, 0) is 6.54 Å². The van der Waals surface area contributed by atoms with E-state index in [1.165, 1.54) is 12.8 Å². The molecule has 0 atom stereocenters. The molecule has 1 N–H and O–H groups in total. The minimum absolute atomic E-state index is 0.00945. The van der Waals surface area contributed by atoms with Crippen LogP contribution in [0.1, 0.15) is 31.2 Å². The Morgan fingerprint density at radius 1 is 1.27 bits per heavy atom. The molecule has 5 heteroatoms. The van der Waals surface area contributed by atoms with Gasteiger partial charge in [0.25, 0.3) is 0 Å². The predicted molar refractivity (Wildman–Crippen MR) is 89.1 cm³/mol. The van der Waals surface area contributed by atoms with Crippen LogP contribution >= 0.6 is 11.6 Å². The van der Waals surface area contributed by atoms with Crippen molar-refractivity contribution in [1.82, 2.24) is 15.1 Å². The van der Waals surface area contributed by atoms with Crippen molar-refractivity contribution in [2.75, 3.05) is 20.1 Å². The molecule has 1 saturated carbocycles. The van der Waals surface area contributed by atoms with Crippen molar-refractivity contribution in [3.63, 3.8) is 0 Å². The standard InChI is InChI=1S/C17H24ClN3O/c1-20(12-13-4-2-3-5-16(13)18)17(22)19-14-8-10-21(11-9-14)15-6-7-15/h2-5,14-15H,6-12H2,1H3,(H,19,22). The fourth-order valence-corrected chi connectivity index (χ4v) is 3.28. The van der Waals surface area contributed by atoms with Gasteiger partial charge in [0.2, 0.25) is 0 Å². The summed E-state index contributed by atoms with van der Waals surface area (Å²) in [6.45, 7) is 2.76. The number of nitrogens with one attached hydrogen (secondary N) is 1. The summed E-state index contributed by atoms with van der Waals surface area (Å²) in [4.78, 5) is 16.6. The van der Waals surface area contributed by atoms with E-state index >= 15 is 0 Å². The Kier molecular flexibility index (Phi) is 4.89. The van der Waals surface area contributed by atoms with Crippen molar-refractivity contribution in [3.8, 4) is 0 Å². The highest BCUT2D eigenvalue weighted by molar-refractivity contribution is 6.31. The van der Waals surface area contributed by atoms with Crippen LogP contribution in [0.4, 0.5) is 4.79 Å². The molecule has 0 aromatic heterocycles. The zero-order valence-corrected chi connectivity index (χ0v) is 13.9. The molecule has 3 rings (SSSR count). The summed E-state index contributed by atoms with van der Waals surface area (Å²) in [5, 5.41) is 3.86. The number of rotatable bonds is 4. The number of hydrogen-bond acceptors (Lipinski definition) is 2. The van der Waals surface area contributed by atoms with Crippen molar-refractivity contribution in [2.24, 2.45) is 0 Å². The summed E-state index contributed by atoms with van der Waals surface area (Å²) in [6.07, 6.45) is 4.83. The van der Waals surface area contributed by atoms with E-state index < -0.39 is 0 Å². The van der Waals surface area contributed by atoms with Gasteiger partial charge in [0.05, 0.1) is 0 Å². The van der Waals surface area contributed by atoms with E-state index in [0.29, 0.717) is 17.6 Å². The first kappa shape index (κ1) is 15.6. The molecule has 2 amide bonds. The number of nitrogens with zero attached hydrogens (tertiary/aromatic N) is 2. The van der Waals surface area contributed by atoms with E-state index in [1.807, 2.05) is 31.3 Å². The van der Waals surface area contributed by atoms with Gasteiger partial charge in [-0.3, -0.25) is 0 Å². The lowest BCUT2D eigenvalue weighted by molar-refractivity contribution is 0.173. The van der Waals surface area contributed by atoms with E-state index in [0.717, 1.165) is 37.5 Å². The zero-order chi connectivity index (χ0) is 15.5. The summed E-state index contributed by atoms with van der Waals surface area (Å²) in [5.41, 5.74) is 0.977. The van der Waals surface area contributed by atoms with Gasteiger partial charge in [0, 0.05) is 43.8 Å². The van der Waals surface area contributed by atoms with Crippen LogP contribution in [-0.4, -0.2) is 48.1 Å². The fraction of sp³-hybridized carbons (Fsp3) is 0.588. The summed E-state index contributed by atoms with van der Waals surface area (Å²) in [6, 6.07) is 8.79. The van der Waals surface area contributed by atoms with Crippen LogP contribution in [0, 0.1) is 0 Å². The maximum atomic E-state index is 12.3. The molecule has 0 spiro atoms. The van der Waals surface area contributed by atoms with Crippen LogP contribution in [0.5, 0.6) is 0 Å². The van der Waals surface area contributed by atoms with E-state index in [-0.39, 0.29) is 6.03 Å². The Balaban J connectivity index is 1.46. The average Bonchev–Trinajstić information content (AvgIpc) is 3.35. The second kappa shape index (κ2) is 6.88. The Labute approximate surface area is 137 Å². The highest BCUT2D eigenvalue weighted by Gasteiger charge is 2.32. The smallest absolute Gasteiger partial charge is 0.317 e. The summed E-state index contributed by atoms with van der Waals surface area (Å²) in [5.74, 6) is 0. The van der Waals surface area contributed by atoms with Gasteiger partial charge in [-0.15, -0.1) is 0 Å². The lowest BCUT2D eigenvalue weighted by atomic mass is 10.1. The number of carbonyl (C=O) groups excluding carboxylic acids is 1. The first-order valence-corrected chi connectivity index (χ1v) is 8.50. The van der Waals surface area contributed by atoms with E-state index in [9.17, 15) is 4.79 Å². The van der Waals surface area contributed by atoms with Gasteiger partial charge < -0.3 is 15.1 Å². The van der Waals surface area contributed by atoms with Gasteiger partial charge in [-0.2, -0.15) is 0 Å². The summed E-state index contributed by atoms with van der Waals surface area (Å²) < 4.78 is 0. The Hall–Kier alpha value is -1.26. The Morgan fingerprint density at radius 3 is 2.59 bits per heavy atom. The minimum atomic E-state index is -0.00945. The van der Waals surface area contributed by atoms with Gasteiger partial charge in [0.15, 0.2) is 0 Å². The molecule has 0 radical (unpaired) electrons. The quantitative estimate of drug-likeness (QED) is 0.925. The van der Waals surface area contributed by atoms with Crippen molar-refractivity contribution >= 4 is 17.6 Å². The number of amides is 2. The number of halogens is 1. The van der Waals surface area contributed by atoms with Gasteiger partial charge in [-0.05, 0) is 37.3 Å². The van der Waals surface area contributed by atoms with Crippen LogP contribution in [0.2, 0.25) is 5.02 Å². The number of piperidine rings is 1. The van der Waals surface area contributed by atoms with E-state index in [2.05, 4.69) is 10.2 Å². The average molecular weight is 322 g/mol. The molecule has 2 aliphatic rings. The van der Waals surface area contributed by atoms with Crippen molar-refractivity contribution in [3.05, 3.63) is 34.9 Å². The minimum Gasteiger partial charge on any atom is -0.335 e. The maximum absolute atomic E-state index is 12.3. The number of urea groups is 1. The van der Waals surface area contributed by atoms with E-state index in [1.54, 1.807) is 4.90 Å². The number of benzene rings is 1. The van der Waals surface area contributed by atoms with Crippen molar-refractivity contribution in [2.45, 2.75) is 44.3 Å². The highest BCUT2D eigenvalue weighted by Crippen LogP contribution is 2.29. The molecule has 1 aliphatic heterocycles. The van der Waals surface area contributed by atoms with Gasteiger partial charge >= 0.3 is 6.03 Å². The maximum Gasteiger partial charge on any atom is 0.317 e. The lowest BCUT2D eigenvalue weighted by Crippen LogP contribution is -2.48. The van der Waals surface area contributed by atoms with Gasteiger partial charge in [-0.1, -0.05) is 29.8 Å². The van der Waals surface area contributed by atoms with Crippen molar-refractivity contribution < 1.29 is 4.79 Å². The molecule has 22 heavy (non-hydrogen) atoms. The van der Waals surface area contributed by atoms with Crippen molar-refractivity contribution in [1.29, 1.82) is 0 Å². The Bertz CT molecular complexity index is 524. The largest absolute Gasteiger partial charge is 0.335 e. The molecule has 120 valence electrons. The second-order valence-electron chi connectivity index (χ2n) is 6.44. The zero-order valence-electron chi connectivity index (χ0n) is 13.1. The van der Waals surface area contributed by atoms with Crippen LogP contribution in [0.15, 0.2) is 24.3 Å². The molecular weight excluding hydrogens is 298 g/mol. The summed E-state index contributed by atoms with van der Waals surface area (Å²) >= 11 is 6.15. The number of carbonyl (C=O) groups is 1. The predicted octanol–water partition coefficient (Wildman–Crippen LogP) is 3.11. The Morgan fingerprint density at radius 2 is 1.95 bits per heavy atom. The summed E-state index contributed by atoms with van der Waals surface area (Å²) in [7, 11) is 1.82. The van der Waals surface area contributed by atoms with Crippen LogP contribution < -0.4 is 5.32 Å². The molecule has 1 aliphatic carbocycles. The molecule has 2 fully saturated rings. The monoisotopic (exact) mass is 321 g/mol. The molecule has 1 heterocycles. The van der Waals surface area contributed by atoms with E-state index in [4.69, 9.17) is 11.6 Å². The van der Waals surface area contributed by atoms with Crippen LogP contribution in [0.25, 0.3) is 0 Å². The third-order valence-electron chi connectivity index (χ3n) is 4.63. The molecule has 1 saturated heterocycles. The first-order chi connectivity index (χ1) is 10.6. The number of hydrogen-bond donors (Lipinski definition) is 1. The first-order valence-electron chi connectivity index (χ1n) is 8.12. The number of likely N-dealkylation sites (tertiary alicyclic amines) is 1. The second-order valence-corrected chi connectivity index (χ2v) is 6.85. The third-order valence-corrected chi connectivity index (χ3v) is 5.00. The lowest BCUT2D eigenvalue weighted by Gasteiger charge is -2.33. The molecule has 0 bridgehead atoms. The third kappa shape index (κ3) is 3.93. The molecular formula is C17H24ClN3O. The topological polar surface area (TPSA) is 35.6 Å². The normalized spacial score (nSPS) is 19.9. The fourth-order valence-electron chi connectivity index (χ4n) is 3.09. The molecule has 1 aromatic carbocycles. The molecule has 0 unspecified atom stereocenters. The molecule has 1 aromatic rings. The van der Waals surface area contributed by atoms with Crippen LogP contribution in [0.3, 0.4) is 0 Å². The van der Waals surface area contributed by atoms with Gasteiger partial charge in [0.1, 0.15) is 0 Å². The molecule has 4 nitrogen and oxygen atoms in total. The van der Waals surface area contributed by atoms with Gasteiger partial charge in [-0.25, -0.2) is 4.79 Å². The SMILES string of the molecule is CN(Cc1ccccc1Cl)C(=O)NC1CCN(C2CC2)CC1.